The minimum Gasteiger partial charge on any atom is -0.361 e. The number of unbranched alkanes of at least 4 members (excludes halogenated alkanes) is 13. The van der Waals surface area contributed by atoms with Crippen LogP contribution in [0.4, 0.5) is 10.5 Å². The van der Waals surface area contributed by atoms with Crippen molar-refractivity contribution < 1.29 is 4.79 Å². The van der Waals surface area contributed by atoms with Crippen molar-refractivity contribution >= 4 is 22.6 Å². The van der Waals surface area contributed by atoms with Gasteiger partial charge in [-0.1, -0.05) is 90.4 Å². The lowest BCUT2D eigenvalue weighted by Crippen LogP contribution is -2.29. The number of rotatable bonds is 16. The summed E-state index contributed by atoms with van der Waals surface area (Å²) in [4.78, 5) is 15.1. The summed E-state index contributed by atoms with van der Waals surface area (Å²) in [7, 11) is 0. The van der Waals surface area contributed by atoms with E-state index in [0.717, 1.165) is 29.6 Å². The summed E-state index contributed by atoms with van der Waals surface area (Å²) < 4.78 is 0. The van der Waals surface area contributed by atoms with Crippen LogP contribution in [0.15, 0.2) is 30.5 Å². The number of hydrogen-bond acceptors (Lipinski definition) is 1. The molecule has 0 saturated heterocycles. The lowest BCUT2D eigenvalue weighted by molar-refractivity contribution is 0.252. The van der Waals surface area contributed by atoms with Crippen LogP contribution in [-0.2, 0) is 0 Å². The normalized spacial score (nSPS) is 11.1. The highest BCUT2D eigenvalue weighted by Crippen LogP contribution is 2.17. The van der Waals surface area contributed by atoms with Gasteiger partial charge in [-0.25, -0.2) is 4.79 Å². The summed E-state index contributed by atoms with van der Waals surface area (Å²) in [6.45, 7) is 3.02. The number of aromatic nitrogens is 1. The van der Waals surface area contributed by atoms with E-state index in [9.17, 15) is 4.79 Å². The van der Waals surface area contributed by atoms with Crippen molar-refractivity contribution in [3.63, 3.8) is 0 Å². The molecule has 0 aliphatic carbocycles. The zero-order chi connectivity index (χ0) is 20.6. The zero-order valence-electron chi connectivity index (χ0n) is 18.4. The summed E-state index contributed by atoms with van der Waals surface area (Å²) in [6.07, 6.45) is 20.8. The number of carbonyl (C=O) groups is 1. The molecular weight excluding hydrogens is 358 g/mol. The van der Waals surface area contributed by atoms with Gasteiger partial charge in [0.2, 0.25) is 0 Å². The van der Waals surface area contributed by atoms with Crippen molar-refractivity contribution in [3.05, 3.63) is 30.5 Å². The van der Waals surface area contributed by atoms with E-state index >= 15 is 0 Å². The van der Waals surface area contributed by atoms with Crippen molar-refractivity contribution in [2.75, 3.05) is 11.9 Å². The number of carbonyl (C=O) groups excluding carboxylic acids is 1. The summed E-state index contributed by atoms with van der Waals surface area (Å²) in [6, 6.07) is 7.78. The van der Waals surface area contributed by atoms with Crippen LogP contribution in [0, 0.1) is 0 Å². The molecule has 1 heterocycles. The lowest BCUT2D eigenvalue weighted by atomic mass is 10.0. The second kappa shape index (κ2) is 14.9. The van der Waals surface area contributed by atoms with Crippen molar-refractivity contribution in [2.45, 2.75) is 96.8 Å². The number of amides is 2. The first kappa shape index (κ1) is 23.3. The Kier molecular flexibility index (Phi) is 12.0. The third kappa shape index (κ3) is 10.4. The van der Waals surface area contributed by atoms with Gasteiger partial charge in [0.05, 0.1) is 0 Å². The molecule has 0 aliphatic heterocycles. The topological polar surface area (TPSA) is 56.9 Å². The molecule has 2 rings (SSSR count). The van der Waals surface area contributed by atoms with Gasteiger partial charge in [-0.3, -0.25) is 0 Å². The van der Waals surface area contributed by atoms with Crippen LogP contribution < -0.4 is 10.6 Å². The van der Waals surface area contributed by atoms with Gasteiger partial charge in [0.25, 0.3) is 0 Å². The van der Waals surface area contributed by atoms with Crippen LogP contribution in [0.1, 0.15) is 96.8 Å². The fourth-order valence-corrected chi connectivity index (χ4v) is 3.83. The highest BCUT2D eigenvalue weighted by atomic mass is 16.2. The number of anilines is 1. The molecule has 2 amide bonds. The number of aromatic amines is 1. The van der Waals surface area contributed by atoms with E-state index in [4.69, 9.17) is 0 Å². The zero-order valence-corrected chi connectivity index (χ0v) is 18.4. The second-order valence-corrected chi connectivity index (χ2v) is 8.26. The second-order valence-electron chi connectivity index (χ2n) is 8.26. The summed E-state index contributed by atoms with van der Waals surface area (Å²) in [5.74, 6) is 0. The maximum Gasteiger partial charge on any atom is 0.319 e. The van der Waals surface area contributed by atoms with E-state index in [0.29, 0.717) is 0 Å². The first-order chi connectivity index (χ1) is 14.3. The molecule has 3 N–H and O–H groups in total. The maximum atomic E-state index is 12.0. The number of urea groups is 1. The van der Waals surface area contributed by atoms with E-state index in [1.54, 1.807) is 0 Å². The maximum absolute atomic E-state index is 12.0. The lowest BCUT2D eigenvalue weighted by Gasteiger charge is -2.08. The van der Waals surface area contributed by atoms with Crippen LogP contribution in [-0.4, -0.2) is 17.6 Å². The standard InChI is InChI=1S/C25H41N3O/c1-2-3-4-5-6-7-8-9-10-11-12-13-14-15-19-27-25(29)28-23-16-17-24-22(21-23)18-20-26-24/h16-18,20-21,26H,2-15,19H2,1H3,(H2,27,28,29). The van der Waals surface area contributed by atoms with Crippen LogP contribution in [0.25, 0.3) is 10.9 Å². The molecule has 0 atom stereocenters. The third-order valence-corrected chi connectivity index (χ3v) is 5.63. The predicted molar refractivity (Wildman–Crippen MR) is 126 cm³/mol. The molecule has 0 saturated carbocycles. The van der Waals surface area contributed by atoms with E-state index in [1.807, 2.05) is 30.5 Å². The van der Waals surface area contributed by atoms with Crippen molar-refractivity contribution in [2.24, 2.45) is 0 Å². The first-order valence-corrected chi connectivity index (χ1v) is 11.9. The molecule has 0 spiro atoms. The average Bonchev–Trinajstić information content (AvgIpc) is 3.19. The van der Waals surface area contributed by atoms with E-state index in [2.05, 4.69) is 22.5 Å². The van der Waals surface area contributed by atoms with Gasteiger partial charge in [-0.15, -0.1) is 0 Å². The number of benzene rings is 1. The molecular formula is C25H41N3O. The molecule has 162 valence electrons. The van der Waals surface area contributed by atoms with Crippen LogP contribution in [0.2, 0.25) is 0 Å². The molecule has 4 heteroatoms. The largest absolute Gasteiger partial charge is 0.361 e. The van der Waals surface area contributed by atoms with E-state index in [1.165, 1.54) is 83.5 Å². The Balaban J connectivity index is 1.36. The molecule has 0 unspecified atom stereocenters. The van der Waals surface area contributed by atoms with Gasteiger partial charge < -0.3 is 15.6 Å². The molecule has 29 heavy (non-hydrogen) atoms. The Morgan fingerprint density at radius 2 is 1.38 bits per heavy atom. The fourth-order valence-electron chi connectivity index (χ4n) is 3.83. The molecule has 0 aliphatic rings. The van der Waals surface area contributed by atoms with Crippen LogP contribution in [0.5, 0.6) is 0 Å². The molecule has 0 radical (unpaired) electrons. The molecule has 2 aromatic rings. The third-order valence-electron chi connectivity index (χ3n) is 5.63. The highest BCUT2D eigenvalue weighted by molar-refractivity contribution is 5.92. The van der Waals surface area contributed by atoms with Gasteiger partial charge in [0, 0.05) is 29.3 Å². The highest BCUT2D eigenvalue weighted by Gasteiger charge is 2.02. The Morgan fingerprint density at radius 1 is 0.793 bits per heavy atom. The van der Waals surface area contributed by atoms with Crippen molar-refractivity contribution in [1.82, 2.24) is 10.3 Å². The summed E-state index contributed by atoms with van der Waals surface area (Å²) in [5.41, 5.74) is 1.91. The number of fused-ring (bicyclic) bond motifs is 1. The number of H-pyrrole nitrogens is 1. The van der Waals surface area contributed by atoms with Gasteiger partial charge in [-0.2, -0.15) is 0 Å². The number of nitrogens with one attached hydrogen (secondary N) is 3. The number of hydrogen-bond donors (Lipinski definition) is 3. The van der Waals surface area contributed by atoms with Gasteiger partial charge >= 0.3 is 6.03 Å². The Bertz CT molecular complexity index is 680. The summed E-state index contributed by atoms with van der Waals surface area (Å²) in [5, 5.41) is 6.97. The SMILES string of the molecule is CCCCCCCCCCCCCCCCNC(=O)Nc1ccc2[nH]ccc2c1. The minimum absolute atomic E-state index is 0.116. The molecule has 1 aromatic heterocycles. The Hall–Kier alpha value is -1.97. The van der Waals surface area contributed by atoms with Gasteiger partial charge in [0.1, 0.15) is 0 Å². The van der Waals surface area contributed by atoms with E-state index < -0.39 is 0 Å². The molecule has 4 nitrogen and oxygen atoms in total. The summed E-state index contributed by atoms with van der Waals surface area (Å²) >= 11 is 0. The Labute approximate surface area is 177 Å². The van der Waals surface area contributed by atoms with Gasteiger partial charge in [0.15, 0.2) is 0 Å². The van der Waals surface area contributed by atoms with Gasteiger partial charge in [-0.05, 0) is 30.7 Å². The first-order valence-electron chi connectivity index (χ1n) is 11.9. The predicted octanol–water partition coefficient (Wildman–Crippen LogP) is 7.77. The monoisotopic (exact) mass is 399 g/mol. The minimum atomic E-state index is -0.116. The van der Waals surface area contributed by atoms with Crippen molar-refractivity contribution in [3.8, 4) is 0 Å². The smallest absolute Gasteiger partial charge is 0.319 e. The van der Waals surface area contributed by atoms with E-state index in [-0.39, 0.29) is 6.03 Å². The van der Waals surface area contributed by atoms with Crippen LogP contribution in [0.3, 0.4) is 0 Å². The molecule has 1 aromatic carbocycles. The quantitative estimate of drug-likeness (QED) is 0.248. The Morgan fingerprint density at radius 3 is 2.00 bits per heavy atom. The average molecular weight is 400 g/mol. The molecule has 0 bridgehead atoms. The fraction of sp³-hybridized carbons (Fsp3) is 0.640. The van der Waals surface area contributed by atoms with Crippen molar-refractivity contribution in [1.29, 1.82) is 0 Å². The van der Waals surface area contributed by atoms with Crippen LogP contribution >= 0.6 is 0 Å². The molecule has 0 fully saturated rings.